The van der Waals surface area contributed by atoms with Crippen molar-refractivity contribution in [3.63, 3.8) is 0 Å². The van der Waals surface area contributed by atoms with E-state index in [-0.39, 0.29) is 6.10 Å². The Labute approximate surface area is 194 Å². The smallest absolute Gasteiger partial charge is 0.335 e. The summed E-state index contributed by atoms with van der Waals surface area (Å²) in [5.74, 6) is 0.851. The van der Waals surface area contributed by atoms with Crippen LogP contribution in [0.25, 0.3) is 22.2 Å². The summed E-state index contributed by atoms with van der Waals surface area (Å²) in [6.07, 6.45) is 4.82. The molecule has 0 radical (unpaired) electrons. The third-order valence-corrected chi connectivity index (χ3v) is 6.48. The van der Waals surface area contributed by atoms with E-state index >= 15 is 0 Å². The fraction of sp³-hybridized carbons (Fsp3) is 0.481. The van der Waals surface area contributed by atoms with Gasteiger partial charge in [-0.25, -0.2) is 9.78 Å². The molecule has 1 saturated carbocycles. The minimum atomic E-state index is -1.16. The highest BCUT2D eigenvalue weighted by molar-refractivity contribution is 5.86. The third kappa shape index (κ3) is 5.63. The number of benzene rings is 2. The molecule has 1 heterocycles. The second kappa shape index (κ2) is 10.1. The van der Waals surface area contributed by atoms with Crippen molar-refractivity contribution in [1.29, 1.82) is 0 Å². The van der Waals surface area contributed by atoms with Crippen molar-refractivity contribution in [2.45, 2.75) is 71.2 Å². The van der Waals surface area contributed by atoms with Gasteiger partial charge in [-0.15, -0.1) is 0 Å². The maximum absolute atomic E-state index is 11.3. The first-order valence-electron chi connectivity index (χ1n) is 11.8. The zero-order chi connectivity index (χ0) is 23.4. The van der Waals surface area contributed by atoms with Gasteiger partial charge in [-0.2, -0.15) is 0 Å². The molecule has 4 rings (SSSR count). The van der Waals surface area contributed by atoms with Crippen LogP contribution in [0, 0.1) is 5.92 Å². The molecule has 176 valence electrons. The standard InChI is InChI=1S/C27H33NO5/c1-4-24-23(28-25(33-24)21-13-12-19-9-5-6-10-20(19)15-21)17-31-22-11-7-8-18(14-22)16-32-27(2,3)26(29)30/h5-6,9-10,12-13,15,18,22H,4,7-8,11,14,16-17H2,1-3H3,(H,29,30)/t18?,22-/m0/s1. The number of carboxylic acids is 1. The molecule has 2 aromatic carbocycles. The molecule has 0 aliphatic heterocycles. The summed E-state index contributed by atoms with van der Waals surface area (Å²) in [5.41, 5.74) is 0.653. The number of oxazole rings is 1. The average Bonchev–Trinajstić information content (AvgIpc) is 3.25. The number of aryl methyl sites for hydroxylation is 1. The largest absolute Gasteiger partial charge is 0.479 e. The van der Waals surface area contributed by atoms with Crippen LogP contribution in [-0.2, 0) is 27.3 Å². The van der Waals surface area contributed by atoms with E-state index in [0.717, 1.165) is 54.5 Å². The first kappa shape index (κ1) is 23.5. The molecular weight excluding hydrogens is 418 g/mol. The van der Waals surface area contributed by atoms with Crippen LogP contribution in [0.2, 0.25) is 0 Å². The van der Waals surface area contributed by atoms with E-state index in [1.54, 1.807) is 13.8 Å². The first-order valence-corrected chi connectivity index (χ1v) is 11.8. The molecule has 6 nitrogen and oxygen atoms in total. The second-order valence-electron chi connectivity index (χ2n) is 9.40. The summed E-state index contributed by atoms with van der Waals surface area (Å²) in [4.78, 5) is 16.0. The van der Waals surface area contributed by atoms with E-state index in [0.29, 0.717) is 25.0 Å². The number of carbonyl (C=O) groups is 1. The van der Waals surface area contributed by atoms with Gasteiger partial charge in [0.2, 0.25) is 5.89 Å². The number of hydrogen-bond donors (Lipinski definition) is 1. The quantitative estimate of drug-likeness (QED) is 0.429. The molecule has 1 aliphatic carbocycles. The average molecular weight is 452 g/mol. The molecule has 1 unspecified atom stereocenters. The fourth-order valence-electron chi connectivity index (χ4n) is 4.35. The Morgan fingerprint density at radius 3 is 2.73 bits per heavy atom. The van der Waals surface area contributed by atoms with E-state index in [2.05, 4.69) is 31.2 Å². The summed E-state index contributed by atoms with van der Waals surface area (Å²) in [6, 6.07) is 14.5. The Bertz CT molecular complexity index is 1100. The van der Waals surface area contributed by atoms with Crippen LogP contribution in [0.5, 0.6) is 0 Å². The van der Waals surface area contributed by atoms with Crippen LogP contribution in [-0.4, -0.2) is 34.4 Å². The molecule has 1 N–H and O–H groups in total. The van der Waals surface area contributed by atoms with E-state index in [1.807, 2.05) is 18.2 Å². The number of aliphatic carboxylic acids is 1. The molecule has 33 heavy (non-hydrogen) atoms. The van der Waals surface area contributed by atoms with Gasteiger partial charge in [0.05, 0.1) is 19.3 Å². The summed E-state index contributed by atoms with van der Waals surface area (Å²) in [6.45, 7) is 6.10. The van der Waals surface area contributed by atoms with Crippen molar-refractivity contribution in [3.8, 4) is 11.5 Å². The molecule has 3 aromatic rings. The van der Waals surface area contributed by atoms with E-state index < -0.39 is 11.6 Å². The van der Waals surface area contributed by atoms with E-state index in [4.69, 9.17) is 18.9 Å². The van der Waals surface area contributed by atoms with Gasteiger partial charge in [0.25, 0.3) is 0 Å². The van der Waals surface area contributed by atoms with E-state index in [9.17, 15) is 9.90 Å². The normalized spacial score (nSPS) is 19.1. The molecule has 1 fully saturated rings. The summed E-state index contributed by atoms with van der Waals surface area (Å²) >= 11 is 0. The number of rotatable bonds is 9. The first-order chi connectivity index (χ1) is 15.9. The topological polar surface area (TPSA) is 81.8 Å². The van der Waals surface area contributed by atoms with Crippen molar-refractivity contribution in [3.05, 3.63) is 53.9 Å². The predicted molar refractivity (Wildman–Crippen MR) is 127 cm³/mol. The fourth-order valence-corrected chi connectivity index (χ4v) is 4.35. The predicted octanol–water partition coefficient (Wildman–Crippen LogP) is 6.01. The van der Waals surface area contributed by atoms with Crippen molar-refractivity contribution in [2.24, 2.45) is 5.92 Å². The summed E-state index contributed by atoms with van der Waals surface area (Å²) < 4.78 is 18.0. The Morgan fingerprint density at radius 1 is 1.18 bits per heavy atom. The number of hydrogen-bond acceptors (Lipinski definition) is 5. The number of aromatic nitrogens is 1. The monoisotopic (exact) mass is 451 g/mol. The van der Waals surface area contributed by atoms with Gasteiger partial charge in [-0.05, 0) is 61.9 Å². The zero-order valence-corrected chi connectivity index (χ0v) is 19.7. The Kier molecular flexibility index (Phi) is 7.15. The van der Waals surface area contributed by atoms with Gasteiger partial charge in [0.1, 0.15) is 11.5 Å². The highest BCUT2D eigenvalue weighted by Gasteiger charge is 2.31. The Hall–Kier alpha value is -2.70. The third-order valence-electron chi connectivity index (χ3n) is 6.48. The number of carboxylic acid groups (broad SMARTS) is 1. The number of nitrogens with zero attached hydrogens (tertiary/aromatic N) is 1. The SMILES string of the molecule is CCc1oc(-c2ccc3ccccc3c2)nc1CO[C@H]1CCCC(COC(C)(C)C(=O)O)C1. The van der Waals surface area contributed by atoms with Crippen LogP contribution in [0.15, 0.2) is 46.9 Å². The minimum absolute atomic E-state index is 0.116. The van der Waals surface area contributed by atoms with E-state index in [1.165, 1.54) is 5.39 Å². The molecule has 1 aliphatic rings. The maximum atomic E-state index is 11.3. The molecule has 6 heteroatoms. The Morgan fingerprint density at radius 2 is 1.97 bits per heavy atom. The van der Waals surface area contributed by atoms with Crippen LogP contribution in [0.3, 0.4) is 0 Å². The van der Waals surface area contributed by atoms with Gasteiger partial charge in [-0.3, -0.25) is 0 Å². The van der Waals surface area contributed by atoms with Gasteiger partial charge in [0.15, 0.2) is 5.60 Å². The molecular formula is C27H33NO5. The molecule has 0 bridgehead atoms. The zero-order valence-electron chi connectivity index (χ0n) is 19.7. The summed E-state index contributed by atoms with van der Waals surface area (Å²) in [7, 11) is 0. The summed E-state index contributed by atoms with van der Waals surface area (Å²) in [5, 5.41) is 11.6. The van der Waals surface area contributed by atoms with Gasteiger partial charge in [-0.1, -0.05) is 43.7 Å². The van der Waals surface area contributed by atoms with Crippen LogP contribution in [0.1, 0.15) is 57.9 Å². The molecule has 0 amide bonds. The van der Waals surface area contributed by atoms with Crippen LogP contribution in [0.4, 0.5) is 0 Å². The lowest BCUT2D eigenvalue weighted by Gasteiger charge is -2.31. The Balaban J connectivity index is 1.38. The van der Waals surface area contributed by atoms with Gasteiger partial charge >= 0.3 is 5.97 Å². The van der Waals surface area contributed by atoms with Crippen molar-refractivity contribution >= 4 is 16.7 Å². The van der Waals surface area contributed by atoms with Crippen LogP contribution >= 0.6 is 0 Å². The maximum Gasteiger partial charge on any atom is 0.335 e. The molecule has 2 atom stereocenters. The highest BCUT2D eigenvalue weighted by Crippen LogP contribution is 2.30. The molecule has 0 spiro atoms. The lowest BCUT2D eigenvalue weighted by Crippen LogP contribution is -2.37. The highest BCUT2D eigenvalue weighted by atomic mass is 16.5. The van der Waals surface area contributed by atoms with Gasteiger partial charge in [0, 0.05) is 12.0 Å². The van der Waals surface area contributed by atoms with Gasteiger partial charge < -0.3 is 19.0 Å². The lowest BCUT2D eigenvalue weighted by atomic mass is 9.87. The van der Waals surface area contributed by atoms with Crippen molar-refractivity contribution < 1.29 is 23.8 Å². The van der Waals surface area contributed by atoms with Crippen molar-refractivity contribution in [1.82, 2.24) is 4.98 Å². The molecule has 1 aromatic heterocycles. The lowest BCUT2D eigenvalue weighted by molar-refractivity contribution is -0.163. The number of ether oxygens (including phenoxy) is 2. The van der Waals surface area contributed by atoms with Crippen molar-refractivity contribution in [2.75, 3.05) is 6.61 Å². The minimum Gasteiger partial charge on any atom is -0.479 e. The molecule has 0 saturated heterocycles. The number of fused-ring (bicyclic) bond motifs is 1. The van der Waals surface area contributed by atoms with Crippen LogP contribution < -0.4 is 0 Å². The second-order valence-corrected chi connectivity index (χ2v) is 9.40.